The summed E-state index contributed by atoms with van der Waals surface area (Å²) in [5, 5.41) is 14.5. The van der Waals surface area contributed by atoms with Gasteiger partial charge in [0.2, 0.25) is 5.71 Å². The predicted octanol–water partition coefficient (Wildman–Crippen LogP) is 4.23. The molecule has 0 saturated heterocycles. The van der Waals surface area contributed by atoms with Crippen LogP contribution < -0.4 is 5.32 Å². The zero-order valence-electron chi connectivity index (χ0n) is 15.9. The first-order chi connectivity index (χ1) is 12.8. The van der Waals surface area contributed by atoms with E-state index < -0.39 is 5.60 Å². The Balaban J connectivity index is 1.70. The highest BCUT2D eigenvalue weighted by Crippen LogP contribution is 2.32. The van der Waals surface area contributed by atoms with Crippen LogP contribution >= 0.6 is 0 Å². The maximum absolute atomic E-state index is 10.2. The molecular formula is C21H22N4O2. The minimum atomic E-state index is -0.877. The predicted molar refractivity (Wildman–Crippen MR) is 106 cm³/mol. The van der Waals surface area contributed by atoms with Gasteiger partial charge in [0, 0.05) is 12.2 Å². The zero-order valence-corrected chi connectivity index (χ0v) is 15.9. The van der Waals surface area contributed by atoms with Crippen LogP contribution in [-0.4, -0.2) is 20.1 Å². The van der Waals surface area contributed by atoms with Crippen LogP contribution in [0.4, 0.5) is 5.82 Å². The largest absolute Gasteiger partial charge is 0.432 e. The summed E-state index contributed by atoms with van der Waals surface area (Å²) in [7, 11) is 0. The monoisotopic (exact) mass is 362 g/mol. The van der Waals surface area contributed by atoms with Crippen LogP contribution in [0.15, 0.2) is 41.1 Å². The summed E-state index contributed by atoms with van der Waals surface area (Å²) in [5.41, 5.74) is 4.97. The molecule has 4 aromatic rings. The summed E-state index contributed by atoms with van der Waals surface area (Å²) in [5.74, 6) is 0.628. The van der Waals surface area contributed by atoms with Gasteiger partial charge in [-0.3, -0.25) is 0 Å². The first kappa shape index (κ1) is 17.4. The van der Waals surface area contributed by atoms with Gasteiger partial charge in [0.1, 0.15) is 11.8 Å². The first-order valence-electron chi connectivity index (χ1n) is 8.90. The molecule has 0 aliphatic heterocycles. The standard InChI is InChI=1S/C21H22N4O2/c1-12-8-13(2)25-20-16(12)17-18(27-20)19(24-11-23-17)22-10-14-6-5-7-15(9-14)21(3,4)26/h5-9,11,26H,10H2,1-4H3,(H,22,23,24). The summed E-state index contributed by atoms with van der Waals surface area (Å²) in [6, 6.07) is 9.88. The van der Waals surface area contributed by atoms with E-state index in [2.05, 4.69) is 20.3 Å². The molecule has 0 saturated carbocycles. The number of aliphatic hydroxyl groups is 1. The summed E-state index contributed by atoms with van der Waals surface area (Å²) < 4.78 is 5.97. The van der Waals surface area contributed by atoms with Crippen LogP contribution in [0.3, 0.4) is 0 Å². The summed E-state index contributed by atoms with van der Waals surface area (Å²) in [6.45, 7) is 8.08. The number of nitrogens with one attached hydrogen (secondary N) is 1. The number of aryl methyl sites for hydroxylation is 2. The van der Waals surface area contributed by atoms with Crippen LogP contribution in [-0.2, 0) is 12.1 Å². The molecule has 0 bridgehead atoms. The number of benzene rings is 1. The summed E-state index contributed by atoms with van der Waals surface area (Å²) in [4.78, 5) is 13.2. The molecule has 0 aliphatic carbocycles. The number of rotatable bonds is 4. The van der Waals surface area contributed by atoms with Crippen LogP contribution in [0.5, 0.6) is 0 Å². The molecule has 0 unspecified atom stereocenters. The molecule has 0 spiro atoms. The quantitative estimate of drug-likeness (QED) is 0.565. The van der Waals surface area contributed by atoms with Crippen LogP contribution in [0.25, 0.3) is 22.2 Å². The molecule has 138 valence electrons. The van der Waals surface area contributed by atoms with Crippen molar-refractivity contribution in [1.29, 1.82) is 0 Å². The molecule has 4 rings (SSSR count). The number of hydrogen-bond donors (Lipinski definition) is 2. The van der Waals surface area contributed by atoms with Crippen molar-refractivity contribution >= 4 is 28.0 Å². The number of anilines is 1. The van der Waals surface area contributed by atoms with Gasteiger partial charge >= 0.3 is 0 Å². The van der Waals surface area contributed by atoms with Crippen LogP contribution in [0.1, 0.15) is 36.2 Å². The molecule has 2 N–H and O–H groups in total. The van der Waals surface area contributed by atoms with Crippen molar-refractivity contribution in [3.63, 3.8) is 0 Å². The van der Waals surface area contributed by atoms with E-state index in [-0.39, 0.29) is 0 Å². The second-order valence-corrected chi connectivity index (χ2v) is 7.38. The molecule has 0 fully saturated rings. The van der Waals surface area contributed by atoms with Crippen molar-refractivity contribution in [2.75, 3.05) is 5.32 Å². The van der Waals surface area contributed by atoms with Crippen molar-refractivity contribution in [3.8, 4) is 0 Å². The van der Waals surface area contributed by atoms with E-state index in [1.165, 1.54) is 6.33 Å². The summed E-state index contributed by atoms with van der Waals surface area (Å²) >= 11 is 0. The Bertz CT molecular complexity index is 1140. The van der Waals surface area contributed by atoms with E-state index in [4.69, 9.17) is 4.42 Å². The van der Waals surface area contributed by atoms with Gasteiger partial charge in [0.15, 0.2) is 11.4 Å². The topological polar surface area (TPSA) is 84.1 Å². The third-order valence-corrected chi connectivity index (χ3v) is 4.64. The van der Waals surface area contributed by atoms with Gasteiger partial charge in [-0.05, 0) is 50.5 Å². The van der Waals surface area contributed by atoms with Crippen molar-refractivity contribution in [1.82, 2.24) is 15.0 Å². The fraction of sp³-hybridized carbons (Fsp3) is 0.286. The van der Waals surface area contributed by atoms with Crippen molar-refractivity contribution in [2.24, 2.45) is 0 Å². The Morgan fingerprint density at radius 1 is 1.15 bits per heavy atom. The Labute approximate surface area is 157 Å². The average molecular weight is 362 g/mol. The lowest BCUT2D eigenvalue weighted by Crippen LogP contribution is -2.15. The molecule has 0 radical (unpaired) electrons. The number of aromatic nitrogens is 3. The van der Waals surface area contributed by atoms with E-state index in [1.807, 2.05) is 44.2 Å². The normalized spacial score (nSPS) is 12.0. The average Bonchev–Trinajstić information content (AvgIpc) is 2.98. The Hall–Kier alpha value is -2.99. The number of hydrogen-bond acceptors (Lipinski definition) is 6. The van der Waals surface area contributed by atoms with Gasteiger partial charge in [-0.1, -0.05) is 24.3 Å². The maximum atomic E-state index is 10.2. The van der Waals surface area contributed by atoms with E-state index in [9.17, 15) is 5.11 Å². The van der Waals surface area contributed by atoms with Crippen LogP contribution in [0, 0.1) is 13.8 Å². The SMILES string of the molecule is Cc1cc(C)c2c(n1)oc1c(NCc3cccc(C(C)(C)O)c3)ncnc12. The van der Waals surface area contributed by atoms with E-state index in [0.717, 1.165) is 33.3 Å². The van der Waals surface area contributed by atoms with E-state index >= 15 is 0 Å². The first-order valence-corrected chi connectivity index (χ1v) is 8.90. The minimum Gasteiger partial charge on any atom is -0.432 e. The molecule has 3 aromatic heterocycles. The smallest absolute Gasteiger partial charge is 0.229 e. The molecular weight excluding hydrogens is 340 g/mol. The molecule has 27 heavy (non-hydrogen) atoms. The highest BCUT2D eigenvalue weighted by atomic mass is 16.3. The summed E-state index contributed by atoms with van der Waals surface area (Å²) in [6.07, 6.45) is 1.53. The Morgan fingerprint density at radius 2 is 1.96 bits per heavy atom. The van der Waals surface area contributed by atoms with E-state index in [1.54, 1.807) is 13.8 Å². The Kier molecular flexibility index (Phi) is 4.08. The highest BCUT2D eigenvalue weighted by Gasteiger charge is 2.18. The second kappa shape index (κ2) is 6.32. The van der Waals surface area contributed by atoms with E-state index in [0.29, 0.717) is 23.7 Å². The number of furan rings is 1. The molecule has 6 nitrogen and oxygen atoms in total. The lowest BCUT2D eigenvalue weighted by Gasteiger charge is -2.18. The number of fused-ring (bicyclic) bond motifs is 3. The molecule has 1 aromatic carbocycles. The third-order valence-electron chi connectivity index (χ3n) is 4.64. The zero-order chi connectivity index (χ0) is 19.2. The Morgan fingerprint density at radius 3 is 2.74 bits per heavy atom. The van der Waals surface area contributed by atoms with Gasteiger partial charge in [-0.25, -0.2) is 15.0 Å². The van der Waals surface area contributed by atoms with Crippen molar-refractivity contribution < 1.29 is 9.52 Å². The molecule has 6 heteroatoms. The molecule has 3 heterocycles. The molecule has 0 atom stereocenters. The number of pyridine rings is 1. The fourth-order valence-electron chi connectivity index (χ4n) is 3.28. The van der Waals surface area contributed by atoms with Gasteiger partial charge in [0.25, 0.3) is 0 Å². The van der Waals surface area contributed by atoms with Crippen molar-refractivity contribution in [3.05, 3.63) is 59.0 Å². The van der Waals surface area contributed by atoms with Gasteiger partial charge in [0.05, 0.1) is 11.0 Å². The van der Waals surface area contributed by atoms with Gasteiger partial charge in [-0.2, -0.15) is 0 Å². The lowest BCUT2D eigenvalue weighted by atomic mass is 9.96. The minimum absolute atomic E-state index is 0.554. The third kappa shape index (κ3) is 3.24. The highest BCUT2D eigenvalue weighted by molar-refractivity contribution is 6.05. The molecule has 0 amide bonds. The lowest BCUT2D eigenvalue weighted by molar-refractivity contribution is 0.0785. The maximum Gasteiger partial charge on any atom is 0.229 e. The van der Waals surface area contributed by atoms with Crippen LogP contribution in [0.2, 0.25) is 0 Å². The fourth-order valence-corrected chi connectivity index (χ4v) is 3.28. The van der Waals surface area contributed by atoms with Crippen molar-refractivity contribution in [2.45, 2.75) is 39.8 Å². The molecule has 0 aliphatic rings. The second-order valence-electron chi connectivity index (χ2n) is 7.38. The number of nitrogens with zero attached hydrogens (tertiary/aromatic N) is 3. The van der Waals surface area contributed by atoms with Gasteiger partial charge in [-0.15, -0.1) is 0 Å². The van der Waals surface area contributed by atoms with Gasteiger partial charge < -0.3 is 14.8 Å².